The first-order valence-corrected chi connectivity index (χ1v) is 7.68. The van der Waals surface area contributed by atoms with Crippen molar-refractivity contribution in [3.63, 3.8) is 0 Å². The van der Waals surface area contributed by atoms with Crippen LogP contribution in [-0.2, 0) is 15.6 Å². The predicted molar refractivity (Wildman–Crippen MR) is 71.3 cm³/mol. The van der Waals surface area contributed by atoms with E-state index in [-0.39, 0.29) is 11.6 Å². The fraction of sp³-hybridized carbons (Fsp3) is 0.385. The van der Waals surface area contributed by atoms with Gasteiger partial charge in [-0.15, -0.1) is 0 Å². The Morgan fingerprint density at radius 3 is 2.53 bits per heavy atom. The van der Waals surface area contributed by atoms with Crippen molar-refractivity contribution in [3.05, 3.63) is 47.1 Å². The molecule has 1 atom stereocenters. The lowest BCUT2D eigenvalue weighted by Crippen LogP contribution is -2.13. The molecule has 6 heteroatoms. The largest absolute Gasteiger partial charge is 0.338 e. The van der Waals surface area contributed by atoms with Crippen molar-refractivity contribution in [2.75, 3.05) is 0 Å². The van der Waals surface area contributed by atoms with Gasteiger partial charge in [0, 0.05) is 0 Å². The summed E-state index contributed by atoms with van der Waals surface area (Å²) in [6.45, 7) is 5.13. The van der Waals surface area contributed by atoms with Gasteiger partial charge in [0.15, 0.2) is 15.7 Å². The second-order valence-corrected chi connectivity index (χ2v) is 6.88. The molecule has 0 aliphatic rings. The van der Waals surface area contributed by atoms with Crippen LogP contribution in [0.1, 0.15) is 35.0 Å². The van der Waals surface area contributed by atoms with E-state index in [0.717, 1.165) is 11.1 Å². The summed E-state index contributed by atoms with van der Waals surface area (Å²) in [5.41, 5.74) is 1.76. The van der Waals surface area contributed by atoms with Crippen molar-refractivity contribution in [1.82, 2.24) is 10.1 Å². The molecular formula is C13H16N2O3S. The third kappa shape index (κ3) is 3.01. The van der Waals surface area contributed by atoms with Crippen LogP contribution in [0.15, 0.2) is 28.8 Å². The Labute approximate surface area is 112 Å². The molecule has 0 N–H and O–H groups in total. The van der Waals surface area contributed by atoms with Gasteiger partial charge in [-0.25, -0.2) is 8.42 Å². The molecule has 1 aromatic carbocycles. The van der Waals surface area contributed by atoms with Crippen LogP contribution >= 0.6 is 0 Å². The monoisotopic (exact) mass is 280 g/mol. The van der Waals surface area contributed by atoms with E-state index >= 15 is 0 Å². The minimum absolute atomic E-state index is 0.0255. The van der Waals surface area contributed by atoms with E-state index in [4.69, 9.17) is 4.52 Å². The number of hydrogen-bond donors (Lipinski definition) is 0. The Morgan fingerprint density at radius 1 is 1.26 bits per heavy atom. The van der Waals surface area contributed by atoms with E-state index < -0.39 is 15.1 Å². The fourth-order valence-corrected chi connectivity index (χ4v) is 3.16. The smallest absolute Gasteiger partial charge is 0.244 e. The van der Waals surface area contributed by atoms with Crippen LogP contribution in [0.2, 0.25) is 0 Å². The topological polar surface area (TPSA) is 73.1 Å². The van der Waals surface area contributed by atoms with Crippen LogP contribution in [0.4, 0.5) is 0 Å². The highest BCUT2D eigenvalue weighted by Crippen LogP contribution is 2.24. The quantitative estimate of drug-likeness (QED) is 0.859. The number of sulfone groups is 1. The number of rotatable bonds is 4. The molecule has 1 heterocycles. The van der Waals surface area contributed by atoms with Crippen molar-refractivity contribution < 1.29 is 12.9 Å². The van der Waals surface area contributed by atoms with Gasteiger partial charge in [-0.2, -0.15) is 4.98 Å². The molecule has 102 valence electrons. The summed E-state index contributed by atoms with van der Waals surface area (Å²) in [6.07, 6.45) is 0. The summed E-state index contributed by atoms with van der Waals surface area (Å²) >= 11 is 0. The molecule has 2 rings (SSSR count). The van der Waals surface area contributed by atoms with E-state index in [9.17, 15) is 8.42 Å². The molecule has 5 nitrogen and oxygen atoms in total. The molecule has 0 spiro atoms. The van der Waals surface area contributed by atoms with Crippen molar-refractivity contribution in [1.29, 1.82) is 0 Å². The highest BCUT2D eigenvalue weighted by Gasteiger charge is 2.28. The molecule has 1 aromatic heterocycles. The zero-order chi connectivity index (χ0) is 14.0. The Kier molecular flexibility index (Phi) is 3.71. The predicted octanol–water partition coefficient (Wildman–Crippen LogP) is 2.36. The van der Waals surface area contributed by atoms with Crippen LogP contribution in [0.5, 0.6) is 0 Å². The Balaban J connectivity index is 2.26. The van der Waals surface area contributed by atoms with Gasteiger partial charge in [-0.05, 0) is 31.9 Å². The summed E-state index contributed by atoms with van der Waals surface area (Å²) < 4.78 is 29.6. The first kappa shape index (κ1) is 13.7. The van der Waals surface area contributed by atoms with Gasteiger partial charge in [-0.3, -0.25) is 0 Å². The van der Waals surface area contributed by atoms with E-state index in [0.29, 0.717) is 5.82 Å². The summed E-state index contributed by atoms with van der Waals surface area (Å²) in [5, 5.41) is 2.83. The minimum atomic E-state index is -3.37. The Bertz CT molecular complexity index is 677. The van der Waals surface area contributed by atoms with Crippen LogP contribution in [0.25, 0.3) is 0 Å². The van der Waals surface area contributed by atoms with Gasteiger partial charge in [0.25, 0.3) is 0 Å². The molecule has 0 saturated heterocycles. The summed E-state index contributed by atoms with van der Waals surface area (Å²) in [6, 6.07) is 7.43. The molecule has 19 heavy (non-hydrogen) atoms. The Morgan fingerprint density at radius 2 is 1.95 bits per heavy atom. The number of aromatic nitrogens is 2. The molecule has 0 amide bonds. The minimum Gasteiger partial charge on any atom is -0.338 e. The van der Waals surface area contributed by atoms with E-state index in [1.54, 1.807) is 13.8 Å². The van der Waals surface area contributed by atoms with Crippen LogP contribution in [-0.4, -0.2) is 18.6 Å². The standard InChI is InChI=1S/C13H16N2O3S/c1-9-6-4-5-7-12(9)8-19(16,17)10(2)13-14-11(3)15-18-13/h4-7,10H,8H2,1-3H3. The van der Waals surface area contributed by atoms with Gasteiger partial charge in [0.1, 0.15) is 5.25 Å². The van der Waals surface area contributed by atoms with Crippen molar-refractivity contribution in [2.45, 2.75) is 31.8 Å². The van der Waals surface area contributed by atoms with Gasteiger partial charge < -0.3 is 4.52 Å². The van der Waals surface area contributed by atoms with Gasteiger partial charge in [-0.1, -0.05) is 29.4 Å². The maximum Gasteiger partial charge on any atom is 0.244 e. The lowest BCUT2D eigenvalue weighted by molar-refractivity contribution is 0.373. The fourth-order valence-electron chi connectivity index (χ4n) is 1.75. The molecule has 0 fully saturated rings. The zero-order valence-corrected chi connectivity index (χ0v) is 11.9. The number of hydrogen-bond acceptors (Lipinski definition) is 5. The number of aryl methyl sites for hydroxylation is 2. The Hall–Kier alpha value is -1.69. The molecule has 1 unspecified atom stereocenters. The lowest BCUT2D eigenvalue weighted by Gasteiger charge is -2.10. The molecule has 0 aliphatic heterocycles. The average Bonchev–Trinajstić information content (AvgIpc) is 2.77. The first-order chi connectivity index (χ1) is 8.90. The second-order valence-electron chi connectivity index (χ2n) is 4.56. The van der Waals surface area contributed by atoms with E-state index in [1.807, 2.05) is 31.2 Å². The normalized spacial score (nSPS) is 13.4. The highest BCUT2D eigenvalue weighted by molar-refractivity contribution is 7.90. The lowest BCUT2D eigenvalue weighted by atomic mass is 10.1. The zero-order valence-electron chi connectivity index (χ0n) is 11.1. The molecule has 0 radical (unpaired) electrons. The van der Waals surface area contributed by atoms with Crippen molar-refractivity contribution in [2.24, 2.45) is 0 Å². The van der Waals surface area contributed by atoms with Crippen LogP contribution < -0.4 is 0 Å². The first-order valence-electron chi connectivity index (χ1n) is 5.96. The average molecular weight is 280 g/mol. The van der Waals surface area contributed by atoms with Gasteiger partial charge in [0.05, 0.1) is 5.75 Å². The summed E-state index contributed by atoms with van der Waals surface area (Å²) in [4.78, 5) is 3.98. The highest BCUT2D eigenvalue weighted by atomic mass is 32.2. The SMILES string of the molecule is Cc1noc(C(C)S(=O)(=O)Cc2ccccc2C)n1. The van der Waals surface area contributed by atoms with Crippen LogP contribution in [0, 0.1) is 13.8 Å². The van der Waals surface area contributed by atoms with Gasteiger partial charge >= 0.3 is 0 Å². The van der Waals surface area contributed by atoms with Crippen molar-refractivity contribution >= 4 is 9.84 Å². The van der Waals surface area contributed by atoms with Crippen molar-refractivity contribution in [3.8, 4) is 0 Å². The second kappa shape index (κ2) is 5.13. The maximum atomic E-state index is 12.3. The molecule has 0 bridgehead atoms. The maximum absolute atomic E-state index is 12.3. The van der Waals surface area contributed by atoms with E-state index in [2.05, 4.69) is 10.1 Å². The number of benzene rings is 1. The summed E-state index contributed by atoms with van der Waals surface area (Å²) in [7, 11) is -3.37. The summed E-state index contributed by atoms with van der Waals surface area (Å²) in [5.74, 6) is 0.557. The van der Waals surface area contributed by atoms with Crippen LogP contribution in [0.3, 0.4) is 0 Å². The molecule has 0 aliphatic carbocycles. The molecule has 0 saturated carbocycles. The van der Waals surface area contributed by atoms with E-state index in [1.165, 1.54) is 0 Å². The number of nitrogens with zero attached hydrogens (tertiary/aromatic N) is 2. The third-order valence-corrected chi connectivity index (χ3v) is 5.04. The van der Waals surface area contributed by atoms with Gasteiger partial charge in [0.2, 0.25) is 5.89 Å². The third-order valence-electron chi connectivity index (χ3n) is 3.05. The molecule has 2 aromatic rings. The molecular weight excluding hydrogens is 264 g/mol.